The summed E-state index contributed by atoms with van der Waals surface area (Å²) in [5, 5.41) is 1.35. The molecule has 140 valence electrons. The van der Waals surface area contributed by atoms with Gasteiger partial charge in [-0.3, -0.25) is 4.90 Å². The molecule has 1 aliphatic carbocycles. The predicted molar refractivity (Wildman–Crippen MR) is 106 cm³/mol. The van der Waals surface area contributed by atoms with Gasteiger partial charge in [0.1, 0.15) is 16.5 Å². The quantitative estimate of drug-likeness (QED) is 0.827. The van der Waals surface area contributed by atoms with Crippen LogP contribution in [0.4, 0.5) is 5.82 Å². The summed E-state index contributed by atoms with van der Waals surface area (Å²) >= 11 is 1.91. The minimum Gasteiger partial charge on any atom is -0.378 e. The highest BCUT2D eigenvalue weighted by Gasteiger charge is 2.26. The Morgan fingerprint density at radius 2 is 1.88 bits per heavy atom. The molecule has 5 rings (SSSR count). The molecule has 0 amide bonds. The zero-order valence-electron chi connectivity index (χ0n) is 15.7. The number of aromatic nitrogens is 2. The normalized spacial score (nSPS) is 22.3. The monoisotopic (exact) mass is 372 g/mol. The van der Waals surface area contributed by atoms with Gasteiger partial charge in [-0.25, -0.2) is 9.97 Å². The van der Waals surface area contributed by atoms with Crippen molar-refractivity contribution in [3.05, 3.63) is 16.3 Å². The van der Waals surface area contributed by atoms with E-state index in [1.807, 2.05) is 11.3 Å². The van der Waals surface area contributed by atoms with Crippen molar-refractivity contribution in [2.75, 3.05) is 44.3 Å². The van der Waals surface area contributed by atoms with Crippen molar-refractivity contribution < 1.29 is 4.74 Å². The van der Waals surface area contributed by atoms with Crippen molar-refractivity contribution in [3.63, 3.8) is 0 Å². The van der Waals surface area contributed by atoms with Gasteiger partial charge in [0, 0.05) is 18.0 Å². The minimum absolute atomic E-state index is 0.803. The number of anilines is 1. The van der Waals surface area contributed by atoms with E-state index < -0.39 is 0 Å². The van der Waals surface area contributed by atoms with Gasteiger partial charge in [-0.1, -0.05) is 6.92 Å². The van der Waals surface area contributed by atoms with Gasteiger partial charge in [0.05, 0.1) is 25.1 Å². The summed E-state index contributed by atoms with van der Waals surface area (Å²) in [6, 6.07) is 0. The zero-order chi connectivity index (χ0) is 17.5. The first-order valence-electron chi connectivity index (χ1n) is 10.1. The summed E-state index contributed by atoms with van der Waals surface area (Å²) in [6.45, 7) is 9.10. The largest absolute Gasteiger partial charge is 0.378 e. The molecule has 3 aliphatic rings. The fourth-order valence-electron chi connectivity index (χ4n) is 4.51. The third-order valence-corrected chi connectivity index (χ3v) is 7.33. The third-order valence-electron chi connectivity index (χ3n) is 6.14. The second kappa shape index (κ2) is 7.06. The molecule has 6 heteroatoms. The number of rotatable bonds is 3. The smallest absolute Gasteiger partial charge is 0.146 e. The van der Waals surface area contributed by atoms with Gasteiger partial charge in [-0.2, -0.15) is 0 Å². The van der Waals surface area contributed by atoms with Crippen molar-refractivity contribution in [2.24, 2.45) is 5.92 Å². The zero-order valence-corrected chi connectivity index (χ0v) is 16.5. The maximum absolute atomic E-state index is 5.58. The molecule has 2 aliphatic heterocycles. The van der Waals surface area contributed by atoms with Gasteiger partial charge in [0.2, 0.25) is 0 Å². The number of likely N-dealkylation sites (tertiary alicyclic amines) is 1. The van der Waals surface area contributed by atoms with Crippen molar-refractivity contribution in [2.45, 2.75) is 45.6 Å². The Hall–Kier alpha value is -1.24. The lowest BCUT2D eigenvalue weighted by atomic mass is 9.99. The number of ether oxygens (including phenoxy) is 1. The number of thiophene rings is 1. The van der Waals surface area contributed by atoms with E-state index >= 15 is 0 Å². The Bertz CT molecular complexity index is 791. The number of nitrogens with zero attached hydrogens (tertiary/aromatic N) is 4. The Kier molecular flexibility index (Phi) is 4.59. The average molecular weight is 373 g/mol. The van der Waals surface area contributed by atoms with Crippen LogP contribution in [-0.4, -0.2) is 54.3 Å². The van der Waals surface area contributed by atoms with Crippen molar-refractivity contribution in [3.8, 4) is 0 Å². The molecular weight excluding hydrogens is 344 g/mol. The molecule has 0 spiro atoms. The molecule has 0 N–H and O–H groups in total. The van der Waals surface area contributed by atoms with E-state index in [0.29, 0.717) is 0 Å². The Balaban J connectivity index is 1.51. The first kappa shape index (κ1) is 16.9. The molecule has 5 nitrogen and oxygen atoms in total. The Labute approximate surface area is 159 Å². The highest BCUT2D eigenvalue weighted by atomic mass is 32.1. The summed E-state index contributed by atoms with van der Waals surface area (Å²) < 4.78 is 5.58. The van der Waals surface area contributed by atoms with E-state index in [-0.39, 0.29) is 0 Å². The molecule has 0 atom stereocenters. The second-order valence-electron chi connectivity index (χ2n) is 8.06. The number of aryl methyl sites for hydroxylation is 2. The summed E-state index contributed by atoms with van der Waals surface area (Å²) in [5.74, 6) is 3.05. The van der Waals surface area contributed by atoms with Gasteiger partial charge in [0.15, 0.2) is 0 Å². The van der Waals surface area contributed by atoms with Crippen LogP contribution in [0.5, 0.6) is 0 Å². The number of hydrogen-bond donors (Lipinski definition) is 0. The molecule has 0 radical (unpaired) electrons. The molecular formula is C20H28N4OS. The van der Waals surface area contributed by atoms with Crippen LogP contribution in [0.3, 0.4) is 0 Å². The minimum atomic E-state index is 0.803. The topological polar surface area (TPSA) is 41.5 Å². The third kappa shape index (κ3) is 3.12. The van der Waals surface area contributed by atoms with Gasteiger partial charge < -0.3 is 9.64 Å². The lowest BCUT2D eigenvalue weighted by molar-refractivity contribution is 0.122. The van der Waals surface area contributed by atoms with Crippen molar-refractivity contribution in [1.29, 1.82) is 0 Å². The molecule has 4 heterocycles. The van der Waals surface area contributed by atoms with Crippen LogP contribution in [0.1, 0.15) is 42.5 Å². The van der Waals surface area contributed by atoms with Crippen LogP contribution in [0.2, 0.25) is 0 Å². The maximum atomic E-state index is 5.58. The Morgan fingerprint density at radius 1 is 1.08 bits per heavy atom. The van der Waals surface area contributed by atoms with E-state index in [4.69, 9.17) is 14.7 Å². The van der Waals surface area contributed by atoms with Crippen LogP contribution in [0, 0.1) is 5.92 Å². The number of fused-ring (bicyclic) bond motifs is 3. The van der Waals surface area contributed by atoms with E-state index in [1.165, 1.54) is 66.8 Å². The summed E-state index contributed by atoms with van der Waals surface area (Å²) in [5.41, 5.74) is 1.53. The first-order chi connectivity index (χ1) is 12.8. The summed E-state index contributed by atoms with van der Waals surface area (Å²) in [6.07, 6.45) is 6.29. The molecule has 0 saturated carbocycles. The van der Waals surface area contributed by atoms with E-state index in [9.17, 15) is 0 Å². The second-order valence-corrected chi connectivity index (χ2v) is 9.14. The highest BCUT2D eigenvalue weighted by molar-refractivity contribution is 7.19. The number of hydrogen-bond acceptors (Lipinski definition) is 6. The highest BCUT2D eigenvalue weighted by Crippen LogP contribution is 2.40. The van der Waals surface area contributed by atoms with Crippen molar-refractivity contribution in [1.82, 2.24) is 14.9 Å². The lowest BCUT2D eigenvalue weighted by Gasteiger charge is -2.31. The van der Waals surface area contributed by atoms with Crippen LogP contribution >= 0.6 is 11.3 Å². The summed E-state index contributed by atoms with van der Waals surface area (Å²) in [4.78, 5) is 17.9. The van der Waals surface area contributed by atoms with E-state index in [1.54, 1.807) is 4.88 Å². The van der Waals surface area contributed by atoms with Crippen LogP contribution < -0.4 is 4.90 Å². The maximum Gasteiger partial charge on any atom is 0.146 e. The molecule has 2 fully saturated rings. The van der Waals surface area contributed by atoms with E-state index in [0.717, 1.165) is 44.6 Å². The fraction of sp³-hybridized carbons (Fsp3) is 0.700. The first-order valence-corrected chi connectivity index (χ1v) is 11.0. The molecule has 2 saturated heterocycles. The number of morpholine rings is 1. The lowest BCUT2D eigenvalue weighted by Crippen LogP contribution is -2.37. The molecule has 26 heavy (non-hydrogen) atoms. The standard InChI is InChI=1S/C20H28N4OS/c1-14-5-7-23(8-6-14)13-17-21-19(24-9-11-25-12-10-24)18-15-3-2-4-16(15)26-20(18)22-17/h14H,2-13H2,1H3. The molecule has 0 bridgehead atoms. The Morgan fingerprint density at radius 3 is 2.69 bits per heavy atom. The van der Waals surface area contributed by atoms with Gasteiger partial charge in [-0.15, -0.1) is 11.3 Å². The molecule has 2 aromatic heterocycles. The molecule has 0 unspecified atom stereocenters. The van der Waals surface area contributed by atoms with Crippen molar-refractivity contribution >= 4 is 27.4 Å². The van der Waals surface area contributed by atoms with Gasteiger partial charge >= 0.3 is 0 Å². The SMILES string of the molecule is CC1CCN(Cc2nc(N3CCOCC3)c3c4c(sc3n2)CCC4)CC1. The van der Waals surface area contributed by atoms with Crippen LogP contribution in [0.15, 0.2) is 0 Å². The van der Waals surface area contributed by atoms with Gasteiger partial charge in [0.25, 0.3) is 0 Å². The fourth-order valence-corrected chi connectivity index (χ4v) is 5.79. The predicted octanol–water partition coefficient (Wildman–Crippen LogP) is 3.25. The average Bonchev–Trinajstić information content (AvgIpc) is 3.24. The van der Waals surface area contributed by atoms with Crippen LogP contribution in [0.25, 0.3) is 10.2 Å². The number of piperidine rings is 1. The molecule has 0 aromatic carbocycles. The van der Waals surface area contributed by atoms with Gasteiger partial charge in [-0.05, 0) is 56.7 Å². The molecule has 2 aromatic rings. The van der Waals surface area contributed by atoms with Crippen LogP contribution in [-0.2, 0) is 24.1 Å². The van der Waals surface area contributed by atoms with E-state index in [2.05, 4.69) is 16.7 Å². The summed E-state index contributed by atoms with van der Waals surface area (Å²) in [7, 11) is 0.